The third-order valence-electron chi connectivity index (χ3n) is 6.51. The minimum absolute atomic E-state index is 0.0125. The third kappa shape index (κ3) is 5.34. The molecule has 2 aliphatic rings. The zero-order valence-corrected chi connectivity index (χ0v) is 19.5. The summed E-state index contributed by atoms with van der Waals surface area (Å²) in [6.45, 7) is 7.30. The molecule has 0 unspecified atom stereocenters. The molecule has 0 spiro atoms. The van der Waals surface area contributed by atoms with Crippen molar-refractivity contribution in [1.29, 1.82) is 0 Å². The molecule has 7 nitrogen and oxygen atoms in total. The van der Waals surface area contributed by atoms with Crippen LogP contribution in [0.15, 0.2) is 24.3 Å². The van der Waals surface area contributed by atoms with Crippen LogP contribution in [0.5, 0.6) is 0 Å². The lowest BCUT2D eigenvalue weighted by Gasteiger charge is -2.33. The Kier molecular flexibility index (Phi) is 7.42. The second-order valence-electron chi connectivity index (χ2n) is 8.95. The van der Waals surface area contributed by atoms with Gasteiger partial charge in [-0.3, -0.25) is 4.79 Å². The van der Waals surface area contributed by atoms with Gasteiger partial charge in [0, 0.05) is 51.9 Å². The minimum atomic E-state index is -3.40. The van der Waals surface area contributed by atoms with Gasteiger partial charge < -0.3 is 10.2 Å². The third-order valence-corrected chi connectivity index (χ3v) is 8.45. The van der Waals surface area contributed by atoms with E-state index in [4.69, 9.17) is 0 Å². The lowest BCUT2D eigenvalue weighted by Crippen LogP contribution is -2.47. The van der Waals surface area contributed by atoms with Crippen molar-refractivity contribution in [2.24, 2.45) is 11.8 Å². The molecule has 3 rings (SSSR count). The highest BCUT2D eigenvalue weighted by molar-refractivity contribution is 7.86. The Morgan fingerprint density at radius 3 is 2.13 bits per heavy atom. The molecular formula is C22H36N4O3S. The Morgan fingerprint density at radius 2 is 1.60 bits per heavy atom. The average Bonchev–Trinajstić information content (AvgIpc) is 2.74. The molecule has 30 heavy (non-hydrogen) atoms. The van der Waals surface area contributed by atoms with Gasteiger partial charge in [0.05, 0.1) is 6.04 Å². The fraction of sp³-hybridized carbons (Fsp3) is 0.682. The number of nitrogens with one attached hydrogen (secondary N) is 1. The van der Waals surface area contributed by atoms with Crippen LogP contribution in [0.3, 0.4) is 0 Å². The van der Waals surface area contributed by atoms with Gasteiger partial charge in [0.1, 0.15) is 0 Å². The Labute approximate surface area is 181 Å². The van der Waals surface area contributed by atoms with E-state index in [9.17, 15) is 13.2 Å². The molecule has 1 amide bonds. The molecule has 0 aliphatic carbocycles. The zero-order chi connectivity index (χ0) is 21.9. The summed E-state index contributed by atoms with van der Waals surface area (Å²) < 4.78 is 27.1. The standard InChI is InChI=1S/C22H36N4O3S/c1-17-9-13-25(14-10-17)21-7-5-19(6-8-21)18(2)23-22(27)20-11-15-26(16-12-20)30(28,29)24(3)4/h5-8,17-18,20H,9-16H2,1-4H3,(H,23,27)/t18-/m1/s1. The van der Waals surface area contributed by atoms with Crippen molar-refractivity contribution in [2.45, 2.75) is 45.6 Å². The average molecular weight is 437 g/mol. The fourth-order valence-electron chi connectivity index (χ4n) is 4.23. The van der Waals surface area contributed by atoms with Gasteiger partial charge in [-0.2, -0.15) is 17.0 Å². The zero-order valence-electron chi connectivity index (χ0n) is 18.7. The first-order valence-corrected chi connectivity index (χ1v) is 12.4. The largest absolute Gasteiger partial charge is 0.372 e. The van der Waals surface area contributed by atoms with Crippen molar-refractivity contribution < 1.29 is 13.2 Å². The van der Waals surface area contributed by atoms with Gasteiger partial charge in [-0.1, -0.05) is 19.1 Å². The van der Waals surface area contributed by atoms with Crippen molar-refractivity contribution in [3.8, 4) is 0 Å². The Balaban J connectivity index is 1.51. The molecule has 1 aromatic rings. The molecule has 8 heteroatoms. The predicted octanol–water partition coefficient (Wildman–Crippen LogP) is 2.62. The van der Waals surface area contributed by atoms with Crippen LogP contribution < -0.4 is 10.2 Å². The minimum Gasteiger partial charge on any atom is -0.372 e. The highest BCUT2D eigenvalue weighted by Crippen LogP contribution is 2.26. The van der Waals surface area contributed by atoms with Crippen LogP contribution in [0.4, 0.5) is 5.69 Å². The maximum absolute atomic E-state index is 12.7. The van der Waals surface area contributed by atoms with Gasteiger partial charge in [-0.15, -0.1) is 0 Å². The van der Waals surface area contributed by atoms with E-state index < -0.39 is 10.2 Å². The van der Waals surface area contributed by atoms with Crippen LogP contribution >= 0.6 is 0 Å². The number of rotatable bonds is 6. The molecule has 0 bridgehead atoms. The van der Waals surface area contributed by atoms with Crippen molar-refractivity contribution >= 4 is 21.8 Å². The van der Waals surface area contributed by atoms with Crippen molar-refractivity contribution in [2.75, 3.05) is 45.2 Å². The van der Waals surface area contributed by atoms with Gasteiger partial charge in [0.2, 0.25) is 5.91 Å². The van der Waals surface area contributed by atoms with E-state index >= 15 is 0 Å². The molecule has 2 aliphatic heterocycles. The highest BCUT2D eigenvalue weighted by Gasteiger charge is 2.32. The van der Waals surface area contributed by atoms with E-state index in [1.165, 1.54) is 41.2 Å². The van der Waals surface area contributed by atoms with E-state index in [0.29, 0.717) is 25.9 Å². The van der Waals surface area contributed by atoms with E-state index in [2.05, 4.69) is 41.4 Å². The van der Waals surface area contributed by atoms with Gasteiger partial charge in [-0.25, -0.2) is 0 Å². The molecule has 0 radical (unpaired) electrons. The quantitative estimate of drug-likeness (QED) is 0.744. The SMILES string of the molecule is CC1CCN(c2ccc([C@@H](C)NC(=O)C3CCN(S(=O)(=O)N(C)C)CC3)cc2)CC1. The monoisotopic (exact) mass is 436 g/mol. The van der Waals surface area contributed by atoms with Crippen LogP contribution in [0.2, 0.25) is 0 Å². The second kappa shape index (κ2) is 9.66. The lowest BCUT2D eigenvalue weighted by molar-refractivity contribution is -0.126. The number of nitrogens with zero attached hydrogens (tertiary/aromatic N) is 3. The number of carbonyl (C=O) groups is 1. The lowest BCUT2D eigenvalue weighted by atomic mass is 9.96. The highest BCUT2D eigenvalue weighted by atomic mass is 32.2. The number of carbonyl (C=O) groups excluding carboxylic acids is 1. The first-order valence-electron chi connectivity index (χ1n) is 11.0. The summed E-state index contributed by atoms with van der Waals surface area (Å²) in [7, 11) is -0.332. The molecule has 2 saturated heterocycles. The number of hydrogen-bond donors (Lipinski definition) is 1. The summed E-state index contributed by atoms with van der Waals surface area (Å²) in [5.41, 5.74) is 2.34. The molecule has 0 saturated carbocycles. The molecule has 1 atom stereocenters. The fourth-order valence-corrected chi connectivity index (χ4v) is 5.37. The molecule has 168 valence electrons. The van der Waals surface area contributed by atoms with Crippen LogP contribution in [0.1, 0.15) is 51.1 Å². The normalized spacial score (nSPS) is 21.0. The molecule has 1 aromatic carbocycles. The van der Waals surface area contributed by atoms with Crippen LogP contribution in [-0.2, 0) is 15.0 Å². The molecule has 0 aromatic heterocycles. The first-order chi connectivity index (χ1) is 14.2. The maximum Gasteiger partial charge on any atom is 0.281 e. The second-order valence-corrected chi connectivity index (χ2v) is 11.1. The number of benzene rings is 1. The summed E-state index contributed by atoms with van der Waals surface area (Å²) in [5.74, 6) is 0.680. The van der Waals surface area contributed by atoms with E-state index in [-0.39, 0.29) is 17.9 Å². The molecule has 2 fully saturated rings. The van der Waals surface area contributed by atoms with Crippen molar-refractivity contribution in [3.63, 3.8) is 0 Å². The Hall–Kier alpha value is -1.64. The van der Waals surface area contributed by atoms with Crippen LogP contribution in [-0.4, -0.2) is 63.2 Å². The first kappa shape index (κ1) is 23.0. The van der Waals surface area contributed by atoms with Crippen LogP contribution in [0, 0.1) is 11.8 Å². The molecule has 2 heterocycles. The predicted molar refractivity (Wildman–Crippen MR) is 121 cm³/mol. The van der Waals surface area contributed by atoms with Gasteiger partial charge >= 0.3 is 0 Å². The van der Waals surface area contributed by atoms with Gasteiger partial charge in [0.25, 0.3) is 10.2 Å². The Morgan fingerprint density at radius 1 is 1.03 bits per heavy atom. The number of hydrogen-bond acceptors (Lipinski definition) is 4. The van der Waals surface area contributed by atoms with Gasteiger partial charge in [0.15, 0.2) is 0 Å². The van der Waals surface area contributed by atoms with E-state index in [1.54, 1.807) is 0 Å². The Bertz CT molecular complexity index is 809. The number of piperidine rings is 2. The van der Waals surface area contributed by atoms with Crippen molar-refractivity contribution in [3.05, 3.63) is 29.8 Å². The summed E-state index contributed by atoms with van der Waals surface area (Å²) in [6, 6.07) is 8.43. The molecular weight excluding hydrogens is 400 g/mol. The summed E-state index contributed by atoms with van der Waals surface area (Å²) in [6.07, 6.45) is 3.58. The summed E-state index contributed by atoms with van der Waals surface area (Å²) in [4.78, 5) is 15.2. The smallest absolute Gasteiger partial charge is 0.281 e. The van der Waals surface area contributed by atoms with Crippen LogP contribution in [0.25, 0.3) is 0 Å². The number of amides is 1. The summed E-state index contributed by atoms with van der Waals surface area (Å²) in [5, 5.41) is 3.12. The van der Waals surface area contributed by atoms with Gasteiger partial charge in [-0.05, 0) is 56.2 Å². The van der Waals surface area contributed by atoms with Crippen molar-refractivity contribution in [1.82, 2.24) is 13.9 Å². The number of anilines is 1. The topological polar surface area (TPSA) is 73.0 Å². The van der Waals surface area contributed by atoms with E-state index in [0.717, 1.165) is 24.6 Å². The summed E-state index contributed by atoms with van der Waals surface area (Å²) >= 11 is 0. The molecule has 1 N–H and O–H groups in total. The maximum atomic E-state index is 12.7. The van der Waals surface area contributed by atoms with E-state index in [1.807, 2.05) is 6.92 Å².